The minimum atomic E-state index is -0.199. The zero-order valence-electron chi connectivity index (χ0n) is 11.5. The first-order chi connectivity index (χ1) is 8.65. The largest absolute Gasteiger partial charge is 0.370 e. The van der Waals surface area contributed by atoms with Gasteiger partial charge in [0, 0.05) is 18.8 Å². The van der Waals surface area contributed by atoms with Gasteiger partial charge in [0.2, 0.25) is 0 Å². The first-order valence-electron chi connectivity index (χ1n) is 6.83. The van der Waals surface area contributed by atoms with E-state index in [2.05, 4.69) is 5.10 Å². The van der Waals surface area contributed by atoms with Gasteiger partial charge in [0.1, 0.15) is 6.10 Å². The molecule has 1 aromatic rings. The van der Waals surface area contributed by atoms with Crippen LogP contribution >= 0.6 is 0 Å². The van der Waals surface area contributed by atoms with Crippen molar-refractivity contribution in [1.29, 1.82) is 0 Å². The number of nitrogens with zero attached hydrogens (tertiary/aromatic N) is 2. The smallest absolute Gasteiger partial charge is 0.167 e. The van der Waals surface area contributed by atoms with Gasteiger partial charge in [-0.2, -0.15) is 5.10 Å². The molecule has 1 aliphatic carbocycles. The number of aryl methyl sites for hydroxylation is 2. The summed E-state index contributed by atoms with van der Waals surface area (Å²) in [6.45, 7) is 7.36. The van der Waals surface area contributed by atoms with Crippen LogP contribution in [0.25, 0.3) is 0 Å². The third-order valence-corrected chi connectivity index (χ3v) is 3.35. The van der Waals surface area contributed by atoms with Crippen LogP contribution < -0.4 is 0 Å². The Balaban J connectivity index is 2.04. The van der Waals surface area contributed by atoms with Crippen LogP contribution in [-0.4, -0.2) is 28.3 Å². The van der Waals surface area contributed by atoms with E-state index >= 15 is 0 Å². The topological polar surface area (TPSA) is 44.1 Å². The monoisotopic (exact) mass is 250 g/mol. The molecule has 0 aromatic carbocycles. The molecule has 4 heteroatoms. The number of rotatable bonds is 7. The van der Waals surface area contributed by atoms with Crippen LogP contribution in [0.4, 0.5) is 0 Å². The van der Waals surface area contributed by atoms with Crippen LogP contribution in [0.3, 0.4) is 0 Å². The molecular weight excluding hydrogens is 228 g/mol. The average Bonchev–Trinajstić information content (AvgIpc) is 3.10. The Labute approximate surface area is 108 Å². The number of aromatic nitrogens is 2. The van der Waals surface area contributed by atoms with Crippen LogP contribution in [0.2, 0.25) is 0 Å². The molecule has 2 rings (SSSR count). The van der Waals surface area contributed by atoms with Crippen LogP contribution in [0.15, 0.2) is 6.07 Å². The maximum absolute atomic E-state index is 12.3. The van der Waals surface area contributed by atoms with Crippen LogP contribution in [0, 0.1) is 12.8 Å². The van der Waals surface area contributed by atoms with E-state index in [4.69, 9.17) is 4.74 Å². The Morgan fingerprint density at radius 1 is 1.56 bits per heavy atom. The lowest BCUT2D eigenvalue weighted by Crippen LogP contribution is -2.29. The van der Waals surface area contributed by atoms with E-state index in [1.54, 1.807) is 0 Å². The molecule has 100 valence electrons. The molecule has 0 N–H and O–H groups in total. The molecule has 0 amide bonds. The number of ether oxygens (including phenoxy) is 1. The highest BCUT2D eigenvalue weighted by atomic mass is 16.5. The normalized spacial score (nSPS) is 16.8. The maximum atomic E-state index is 12.3. The maximum Gasteiger partial charge on any atom is 0.167 e. The Morgan fingerprint density at radius 2 is 2.28 bits per heavy atom. The minimum absolute atomic E-state index is 0.199. The van der Waals surface area contributed by atoms with Gasteiger partial charge in [-0.3, -0.25) is 9.48 Å². The fourth-order valence-corrected chi connectivity index (χ4v) is 2.36. The molecule has 0 spiro atoms. The molecule has 1 heterocycles. The van der Waals surface area contributed by atoms with E-state index in [9.17, 15) is 4.79 Å². The second-order valence-corrected chi connectivity index (χ2v) is 4.95. The lowest BCUT2D eigenvalue weighted by molar-refractivity contribution is -0.131. The van der Waals surface area contributed by atoms with Gasteiger partial charge in [-0.05, 0) is 45.6 Å². The lowest BCUT2D eigenvalue weighted by atomic mass is 10.1. The molecule has 1 atom stereocenters. The molecule has 1 unspecified atom stereocenters. The molecule has 1 fully saturated rings. The lowest BCUT2D eigenvalue weighted by Gasteiger charge is -2.15. The van der Waals surface area contributed by atoms with Crippen molar-refractivity contribution in [1.82, 2.24) is 9.78 Å². The van der Waals surface area contributed by atoms with Gasteiger partial charge in [0.05, 0.1) is 12.1 Å². The minimum Gasteiger partial charge on any atom is -0.370 e. The van der Waals surface area contributed by atoms with Gasteiger partial charge in [-0.15, -0.1) is 0 Å². The number of hydrogen-bond acceptors (Lipinski definition) is 3. The van der Waals surface area contributed by atoms with Gasteiger partial charge in [0.15, 0.2) is 5.78 Å². The zero-order valence-corrected chi connectivity index (χ0v) is 11.5. The first kappa shape index (κ1) is 13.3. The highest BCUT2D eigenvalue weighted by Crippen LogP contribution is 2.35. The molecule has 1 aliphatic rings. The number of carbonyl (C=O) groups excluding carboxylic acids is 1. The van der Waals surface area contributed by atoms with Crippen LogP contribution in [0.5, 0.6) is 0 Å². The molecule has 18 heavy (non-hydrogen) atoms. The summed E-state index contributed by atoms with van der Waals surface area (Å²) in [5.41, 5.74) is 1.98. The summed E-state index contributed by atoms with van der Waals surface area (Å²) >= 11 is 0. The van der Waals surface area contributed by atoms with Gasteiger partial charge < -0.3 is 4.74 Å². The van der Waals surface area contributed by atoms with E-state index in [1.165, 1.54) is 0 Å². The van der Waals surface area contributed by atoms with E-state index in [-0.39, 0.29) is 11.9 Å². The quantitative estimate of drug-likeness (QED) is 0.744. The molecule has 4 nitrogen and oxygen atoms in total. The number of carbonyl (C=O) groups is 1. The molecule has 0 aliphatic heterocycles. The summed E-state index contributed by atoms with van der Waals surface area (Å²) in [4.78, 5) is 12.3. The fraction of sp³-hybridized carbons (Fsp3) is 0.714. The molecular formula is C14H22N2O2. The fourth-order valence-electron chi connectivity index (χ4n) is 2.36. The van der Waals surface area contributed by atoms with Crippen molar-refractivity contribution in [3.8, 4) is 0 Å². The van der Waals surface area contributed by atoms with Crippen molar-refractivity contribution >= 4 is 5.78 Å². The Bertz CT molecular complexity index is 421. The summed E-state index contributed by atoms with van der Waals surface area (Å²) in [6.07, 6.45) is 2.50. The van der Waals surface area contributed by atoms with Crippen molar-refractivity contribution in [3.05, 3.63) is 17.5 Å². The molecule has 1 saturated carbocycles. The summed E-state index contributed by atoms with van der Waals surface area (Å²) < 4.78 is 7.51. The van der Waals surface area contributed by atoms with E-state index in [0.717, 1.165) is 30.8 Å². The summed E-state index contributed by atoms with van der Waals surface area (Å²) in [5.74, 6) is 0.658. The first-order valence-corrected chi connectivity index (χ1v) is 6.83. The molecule has 0 radical (unpaired) electrons. The third kappa shape index (κ3) is 2.99. The third-order valence-electron chi connectivity index (χ3n) is 3.35. The van der Waals surface area contributed by atoms with Crippen molar-refractivity contribution < 1.29 is 9.53 Å². The number of hydrogen-bond donors (Lipinski definition) is 0. The highest BCUT2D eigenvalue weighted by molar-refractivity contribution is 5.85. The number of Topliss-reactive ketones (excluding diaryl/α,β-unsaturated/α-hetero) is 1. The van der Waals surface area contributed by atoms with Gasteiger partial charge in [0.25, 0.3) is 0 Å². The Morgan fingerprint density at radius 3 is 2.83 bits per heavy atom. The van der Waals surface area contributed by atoms with Gasteiger partial charge in [-0.1, -0.05) is 0 Å². The van der Waals surface area contributed by atoms with Gasteiger partial charge >= 0.3 is 0 Å². The highest BCUT2D eigenvalue weighted by Gasteiger charge is 2.36. The SMILES string of the molecule is CCOC(C(=O)Cc1cc(C)nn1CC)C1CC1. The number of ketones is 1. The Kier molecular flexibility index (Phi) is 4.17. The Hall–Kier alpha value is -1.16. The predicted molar refractivity (Wildman–Crippen MR) is 69.5 cm³/mol. The van der Waals surface area contributed by atoms with Gasteiger partial charge in [-0.25, -0.2) is 0 Å². The van der Waals surface area contributed by atoms with Crippen LogP contribution in [-0.2, 0) is 22.5 Å². The van der Waals surface area contributed by atoms with Crippen molar-refractivity contribution in [2.75, 3.05) is 6.61 Å². The molecule has 0 bridgehead atoms. The second kappa shape index (κ2) is 5.65. The van der Waals surface area contributed by atoms with Crippen molar-refractivity contribution in [2.24, 2.45) is 5.92 Å². The zero-order chi connectivity index (χ0) is 13.1. The summed E-state index contributed by atoms with van der Waals surface area (Å²) in [6, 6.07) is 2.00. The molecule has 1 aromatic heterocycles. The van der Waals surface area contributed by atoms with Crippen LogP contribution in [0.1, 0.15) is 38.1 Å². The average molecular weight is 250 g/mol. The van der Waals surface area contributed by atoms with E-state index in [0.29, 0.717) is 18.9 Å². The van der Waals surface area contributed by atoms with E-state index in [1.807, 2.05) is 31.5 Å². The van der Waals surface area contributed by atoms with Crippen molar-refractivity contribution in [2.45, 2.75) is 52.7 Å². The van der Waals surface area contributed by atoms with Crippen molar-refractivity contribution in [3.63, 3.8) is 0 Å². The van der Waals surface area contributed by atoms with E-state index < -0.39 is 0 Å². The summed E-state index contributed by atoms with van der Waals surface area (Å²) in [5, 5.41) is 4.37. The summed E-state index contributed by atoms with van der Waals surface area (Å²) in [7, 11) is 0. The second-order valence-electron chi connectivity index (χ2n) is 4.95. The standard InChI is InChI=1S/C14H22N2O2/c1-4-16-12(8-10(3)15-16)9-13(17)14(18-5-2)11-6-7-11/h8,11,14H,4-7,9H2,1-3H3. The molecule has 0 saturated heterocycles. The predicted octanol–water partition coefficient (Wildman–Crippen LogP) is 2.14.